The first kappa shape index (κ1) is 14.6. The maximum Gasteiger partial charge on any atom is 0.234 e. The van der Waals surface area contributed by atoms with Crippen molar-refractivity contribution in [3.63, 3.8) is 0 Å². The van der Waals surface area contributed by atoms with E-state index in [1.807, 2.05) is 0 Å². The first-order chi connectivity index (χ1) is 9.58. The Kier molecular flexibility index (Phi) is 4.80. The zero-order valence-electron chi connectivity index (χ0n) is 10.5. The topological polar surface area (TPSA) is 85.8 Å². The van der Waals surface area contributed by atoms with Crippen LogP contribution in [-0.4, -0.2) is 27.4 Å². The highest BCUT2D eigenvalue weighted by Crippen LogP contribution is 2.16. The van der Waals surface area contributed by atoms with Gasteiger partial charge in [-0.25, -0.2) is 9.07 Å². The van der Waals surface area contributed by atoms with Gasteiger partial charge in [-0.15, -0.1) is 5.10 Å². The molecule has 1 aromatic heterocycles. The van der Waals surface area contributed by atoms with Gasteiger partial charge in [0.05, 0.1) is 25.8 Å². The molecular weight excluding hydrogens is 329 g/mol. The van der Waals surface area contributed by atoms with Crippen LogP contribution in [0, 0.1) is 5.82 Å². The maximum absolute atomic E-state index is 13.6. The molecule has 0 spiro atoms. The molecule has 6 nitrogen and oxygen atoms in total. The summed E-state index contributed by atoms with van der Waals surface area (Å²) in [5.41, 5.74) is 6.26. The number of amides is 1. The Bertz CT molecular complexity index is 616. The van der Waals surface area contributed by atoms with Crippen LogP contribution in [0.25, 0.3) is 0 Å². The summed E-state index contributed by atoms with van der Waals surface area (Å²) in [6, 6.07) is 4.71. The van der Waals surface area contributed by atoms with Gasteiger partial charge in [-0.3, -0.25) is 4.79 Å². The summed E-state index contributed by atoms with van der Waals surface area (Å²) in [5.74, 6) is -0.570. The zero-order chi connectivity index (χ0) is 14.5. The van der Waals surface area contributed by atoms with E-state index in [0.29, 0.717) is 11.3 Å². The molecule has 0 bridgehead atoms. The molecule has 20 heavy (non-hydrogen) atoms. The minimum atomic E-state index is -0.304. The van der Waals surface area contributed by atoms with E-state index in [-0.39, 0.29) is 31.4 Å². The summed E-state index contributed by atoms with van der Waals surface area (Å²) in [5, 5.41) is 10.4. The van der Waals surface area contributed by atoms with Crippen LogP contribution >= 0.6 is 15.9 Å². The fraction of sp³-hybridized carbons (Fsp3) is 0.250. The first-order valence-electron chi connectivity index (χ1n) is 5.88. The second kappa shape index (κ2) is 6.58. The molecule has 0 atom stereocenters. The Balaban J connectivity index is 2.02. The van der Waals surface area contributed by atoms with E-state index < -0.39 is 0 Å². The molecule has 1 aromatic carbocycles. The number of aromatic nitrogens is 3. The molecular formula is C12H13BrFN5O. The zero-order valence-corrected chi connectivity index (χ0v) is 12.1. The molecule has 0 unspecified atom stereocenters. The molecule has 0 fully saturated rings. The SMILES string of the molecule is NCC(=O)NCc1cn(Cc2cc(Br)ccc2F)nn1. The Morgan fingerprint density at radius 3 is 3.05 bits per heavy atom. The highest BCUT2D eigenvalue weighted by Gasteiger charge is 2.07. The fourth-order valence-electron chi connectivity index (χ4n) is 1.60. The smallest absolute Gasteiger partial charge is 0.234 e. The minimum Gasteiger partial charge on any atom is -0.349 e. The van der Waals surface area contributed by atoms with Crippen LogP contribution in [0.2, 0.25) is 0 Å². The van der Waals surface area contributed by atoms with Crippen molar-refractivity contribution >= 4 is 21.8 Å². The number of hydrogen-bond acceptors (Lipinski definition) is 4. The summed E-state index contributed by atoms with van der Waals surface area (Å²) >= 11 is 3.29. The van der Waals surface area contributed by atoms with Crippen LogP contribution in [-0.2, 0) is 17.9 Å². The molecule has 0 aliphatic rings. The summed E-state index contributed by atoms with van der Waals surface area (Å²) in [6.07, 6.45) is 1.65. The number of benzene rings is 1. The molecule has 0 saturated carbocycles. The van der Waals surface area contributed by atoms with Crippen molar-refractivity contribution in [3.05, 3.63) is 45.9 Å². The lowest BCUT2D eigenvalue weighted by atomic mass is 10.2. The van der Waals surface area contributed by atoms with E-state index in [0.717, 1.165) is 4.47 Å². The number of nitrogens with one attached hydrogen (secondary N) is 1. The van der Waals surface area contributed by atoms with Gasteiger partial charge in [0.15, 0.2) is 0 Å². The number of hydrogen-bond donors (Lipinski definition) is 2. The van der Waals surface area contributed by atoms with Crippen molar-refractivity contribution in [3.8, 4) is 0 Å². The number of rotatable bonds is 5. The summed E-state index contributed by atoms with van der Waals surface area (Å²) in [4.78, 5) is 11.0. The van der Waals surface area contributed by atoms with E-state index in [1.165, 1.54) is 10.7 Å². The van der Waals surface area contributed by atoms with E-state index in [4.69, 9.17) is 5.73 Å². The standard InChI is InChI=1S/C12H13BrFN5O/c13-9-1-2-11(14)8(3-9)6-19-7-10(17-18-19)5-16-12(20)4-15/h1-3,7H,4-6,15H2,(H,16,20). The third-order valence-corrected chi connectivity index (χ3v) is 3.07. The second-order valence-corrected chi connectivity index (χ2v) is 5.04. The highest BCUT2D eigenvalue weighted by molar-refractivity contribution is 9.10. The third-order valence-electron chi connectivity index (χ3n) is 2.58. The van der Waals surface area contributed by atoms with Crippen LogP contribution in [0.3, 0.4) is 0 Å². The normalized spacial score (nSPS) is 10.6. The van der Waals surface area contributed by atoms with Crippen molar-refractivity contribution in [2.45, 2.75) is 13.1 Å². The lowest BCUT2D eigenvalue weighted by Gasteiger charge is -2.03. The van der Waals surface area contributed by atoms with E-state index in [9.17, 15) is 9.18 Å². The Hall–Kier alpha value is -1.80. The molecule has 1 heterocycles. The fourth-order valence-corrected chi connectivity index (χ4v) is 2.01. The largest absolute Gasteiger partial charge is 0.349 e. The molecule has 1 amide bonds. The molecule has 0 aliphatic heterocycles. The van der Waals surface area contributed by atoms with Crippen LogP contribution in [0.1, 0.15) is 11.3 Å². The molecule has 8 heteroatoms. The molecule has 106 valence electrons. The van der Waals surface area contributed by atoms with Crippen LogP contribution < -0.4 is 11.1 Å². The molecule has 0 radical (unpaired) electrons. The van der Waals surface area contributed by atoms with Gasteiger partial charge in [0.1, 0.15) is 11.5 Å². The van der Waals surface area contributed by atoms with Gasteiger partial charge in [-0.1, -0.05) is 21.1 Å². The highest BCUT2D eigenvalue weighted by atomic mass is 79.9. The molecule has 0 saturated heterocycles. The summed E-state index contributed by atoms with van der Waals surface area (Å²) in [7, 11) is 0. The number of carbonyl (C=O) groups is 1. The van der Waals surface area contributed by atoms with Gasteiger partial charge in [0, 0.05) is 10.0 Å². The Morgan fingerprint density at radius 2 is 2.30 bits per heavy atom. The van der Waals surface area contributed by atoms with Gasteiger partial charge in [0.25, 0.3) is 0 Å². The maximum atomic E-state index is 13.6. The minimum absolute atomic E-state index is 0.0720. The molecule has 2 rings (SSSR count). The predicted octanol–water partition coefficient (Wildman–Crippen LogP) is 0.803. The van der Waals surface area contributed by atoms with Crippen molar-refractivity contribution < 1.29 is 9.18 Å². The molecule has 0 aliphatic carbocycles. The number of nitrogens with zero attached hydrogens (tertiary/aromatic N) is 3. The number of nitrogens with two attached hydrogens (primary N) is 1. The summed E-state index contributed by atoms with van der Waals surface area (Å²) in [6.45, 7) is 0.442. The van der Waals surface area contributed by atoms with Gasteiger partial charge in [-0.05, 0) is 18.2 Å². The number of carbonyl (C=O) groups excluding carboxylic acids is 1. The quantitative estimate of drug-likeness (QED) is 0.842. The van der Waals surface area contributed by atoms with Crippen LogP contribution in [0.4, 0.5) is 4.39 Å². The van der Waals surface area contributed by atoms with Crippen molar-refractivity contribution in [1.82, 2.24) is 20.3 Å². The van der Waals surface area contributed by atoms with E-state index in [1.54, 1.807) is 18.3 Å². The van der Waals surface area contributed by atoms with Crippen molar-refractivity contribution in [2.24, 2.45) is 5.73 Å². The Morgan fingerprint density at radius 1 is 1.50 bits per heavy atom. The molecule has 3 N–H and O–H groups in total. The van der Waals surface area contributed by atoms with Crippen molar-refractivity contribution in [1.29, 1.82) is 0 Å². The van der Waals surface area contributed by atoms with Gasteiger partial charge in [-0.2, -0.15) is 0 Å². The number of halogens is 2. The Labute approximate surface area is 123 Å². The summed E-state index contributed by atoms with van der Waals surface area (Å²) < 4.78 is 15.9. The van der Waals surface area contributed by atoms with Crippen LogP contribution in [0.15, 0.2) is 28.9 Å². The third kappa shape index (κ3) is 3.84. The average molecular weight is 342 g/mol. The van der Waals surface area contributed by atoms with Gasteiger partial charge >= 0.3 is 0 Å². The first-order valence-corrected chi connectivity index (χ1v) is 6.67. The van der Waals surface area contributed by atoms with E-state index in [2.05, 4.69) is 31.6 Å². The monoisotopic (exact) mass is 341 g/mol. The van der Waals surface area contributed by atoms with E-state index >= 15 is 0 Å². The second-order valence-electron chi connectivity index (χ2n) is 4.12. The van der Waals surface area contributed by atoms with Gasteiger partial charge in [0.2, 0.25) is 5.91 Å². The lowest BCUT2D eigenvalue weighted by Crippen LogP contribution is -2.29. The van der Waals surface area contributed by atoms with Crippen molar-refractivity contribution in [2.75, 3.05) is 6.54 Å². The molecule has 2 aromatic rings. The van der Waals surface area contributed by atoms with Crippen LogP contribution in [0.5, 0.6) is 0 Å². The van der Waals surface area contributed by atoms with Gasteiger partial charge < -0.3 is 11.1 Å². The lowest BCUT2D eigenvalue weighted by molar-refractivity contribution is -0.119. The predicted molar refractivity (Wildman–Crippen MR) is 74.1 cm³/mol. The average Bonchev–Trinajstić information content (AvgIpc) is 2.88.